The average Bonchev–Trinajstić information content (AvgIpc) is 2.66. The SMILES string of the molecule is CCCCCCCCCCOC(=O)CCC(=O)OCCc1ccc(Cl)cc1. The van der Waals surface area contributed by atoms with E-state index in [0.29, 0.717) is 24.7 Å². The summed E-state index contributed by atoms with van der Waals surface area (Å²) in [5, 5.41) is 0.682. The zero-order valence-electron chi connectivity index (χ0n) is 16.5. The van der Waals surface area contributed by atoms with Crippen LogP contribution >= 0.6 is 11.6 Å². The van der Waals surface area contributed by atoms with Crippen LogP contribution in [0.25, 0.3) is 0 Å². The summed E-state index contributed by atoms with van der Waals surface area (Å²) >= 11 is 5.82. The number of hydrogen-bond acceptors (Lipinski definition) is 4. The maximum absolute atomic E-state index is 11.7. The van der Waals surface area contributed by atoms with Gasteiger partial charge in [-0.3, -0.25) is 9.59 Å². The Kier molecular flexibility index (Phi) is 13.5. The largest absolute Gasteiger partial charge is 0.466 e. The van der Waals surface area contributed by atoms with Crippen LogP contribution in [0.2, 0.25) is 5.02 Å². The number of benzene rings is 1. The summed E-state index contributed by atoms with van der Waals surface area (Å²) < 4.78 is 10.3. The Balaban J connectivity index is 1.94. The van der Waals surface area contributed by atoms with E-state index in [0.717, 1.165) is 18.4 Å². The van der Waals surface area contributed by atoms with Gasteiger partial charge < -0.3 is 9.47 Å². The fourth-order valence-electron chi connectivity index (χ4n) is 2.70. The maximum Gasteiger partial charge on any atom is 0.306 e. The molecule has 1 aromatic carbocycles. The van der Waals surface area contributed by atoms with Crippen molar-refractivity contribution in [2.75, 3.05) is 13.2 Å². The van der Waals surface area contributed by atoms with Crippen molar-refractivity contribution in [3.63, 3.8) is 0 Å². The molecule has 0 N–H and O–H groups in total. The van der Waals surface area contributed by atoms with E-state index < -0.39 is 0 Å². The minimum absolute atomic E-state index is 0.0663. The van der Waals surface area contributed by atoms with Gasteiger partial charge in [0.05, 0.1) is 26.1 Å². The molecule has 27 heavy (non-hydrogen) atoms. The topological polar surface area (TPSA) is 52.6 Å². The first-order valence-electron chi connectivity index (χ1n) is 10.2. The van der Waals surface area contributed by atoms with Crippen LogP contribution < -0.4 is 0 Å². The van der Waals surface area contributed by atoms with Crippen molar-refractivity contribution in [2.24, 2.45) is 0 Å². The molecule has 0 atom stereocenters. The molecule has 0 aliphatic carbocycles. The van der Waals surface area contributed by atoms with Gasteiger partial charge in [-0.25, -0.2) is 0 Å². The number of rotatable bonds is 15. The highest BCUT2D eigenvalue weighted by atomic mass is 35.5. The van der Waals surface area contributed by atoms with Gasteiger partial charge in [-0.2, -0.15) is 0 Å². The molecule has 0 saturated heterocycles. The number of unbranched alkanes of at least 4 members (excludes halogenated alkanes) is 7. The second-order valence-corrected chi connectivity index (χ2v) is 7.23. The van der Waals surface area contributed by atoms with Crippen LogP contribution in [-0.4, -0.2) is 25.2 Å². The first kappa shape index (κ1) is 23.5. The van der Waals surface area contributed by atoms with Gasteiger partial charge in [0.2, 0.25) is 0 Å². The number of halogens is 1. The van der Waals surface area contributed by atoms with Gasteiger partial charge in [0.15, 0.2) is 0 Å². The highest BCUT2D eigenvalue weighted by Gasteiger charge is 2.09. The predicted octanol–water partition coefficient (Wildman–Crippen LogP) is 5.89. The molecule has 0 unspecified atom stereocenters. The number of hydrogen-bond donors (Lipinski definition) is 0. The van der Waals surface area contributed by atoms with Gasteiger partial charge in [-0.1, -0.05) is 75.6 Å². The summed E-state index contributed by atoms with van der Waals surface area (Å²) in [6, 6.07) is 7.42. The third-order valence-corrected chi connectivity index (χ3v) is 4.61. The molecule has 0 saturated carbocycles. The predicted molar refractivity (Wildman–Crippen MR) is 109 cm³/mol. The van der Waals surface area contributed by atoms with E-state index in [9.17, 15) is 9.59 Å². The normalized spacial score (nSPS) is 10.6. The van der Waals surface area contributed by atoms with E-state index in [1.807, 2.05) is 12.1 Å². The van der Waals surface area contributed by atoms with Crippen molar-refractivity contribution in [3.05, 3.63) is 34.9 Å². The van der Waals surface area contributed by atoms with Crippen molar-refractivity contribution in [1.29, 1.82) is 0 Å². The number of carbonyl (C=O) groups excluding carboxylic acids is 2. The Morgan fingerprint density at radius 3 is 1.89 bits per heavy atom. The fraction of sp³-hybridized carbons (Fsp3) is 0.636. The lowest BCUT2D eigenvalue weighted by molar-refractivity contribution is -0.150. The van der Waals surface area contributed by atoms with Crippen molar-refractivity contribution in [3.8, 4) is 0 Å². The molecule has 0 bridgehead atoms. The van der Waals surface area contributed by atoms with Gasteiger partial charge >= 0.3 is 11.9 Å². The van der Waals surface area contributed by atoms with Crippen molar-refractivity contribution in [1.82, 2.24) is 0 Å². The van der Waals surface area contributed by atoms with Crippen LogP contribution in [-0.2, 0) is 25.5 Å². The standard InChI is InChI=1S/C22H33ClO4/c1-2-3-4-5-6-7-8-9-17-26-21(24)14-15-22(25)27-18-16-19-10-12-20(23)13-11-19/h10-13H,2-9,14-18H2,1H3. The maximum atomic E-state index is 11.7. The van der Waals surface area contributed by atoms with Crippen molar-refractivity contribution >= 4 is 23.5 Å². The summed E-state index contributed by atoms with van der Waals surface area (Å²) in [5.74, 6) is -0.694. The number of esters is 2. The van der Waals surface area contributed by atoms with Crippen molar-refractivity contribution in [2.45, 2.75) is 77.6 Å². The van der Waals surface area contributed by atoms with Gasteiger partial charge in [0, 0.05) is 11.4 Å². The molecule has 0 aromatic heterocycles. The Labute approximate surface area is 168 Å². The molecule has 0 fully saturated rings. The monoisotopic (exact) mass is 396 g/mol. The Morgan fingerprint density at radius 2 is 1.30 bits per heavy atom. The van der Waals surface area contributed by atoms with Crippen LogP contribution in [0.1, 0.15) is 76.7 Å². The van der Waals surface area contributed by atoms with Crippen LogP contribution in [0.3, 0.4) is 0 Å². The summed E-state index contributed by atoms with van der Waals surface area (Å²) in [7, 11) is 0. The minimum Gasteiger partial charge on any atom is -0.466 e. The molecule has 0 aliphatic rings. The molecular weight excluding hydrogens is 364 g/mol. The highest BCUT2D eigenvalue weighted by molar-refractivity contribution is 6.30. The van der Waals surface area contributed by atoms with Crippen LogP contribution in [0.5, 0.6) is 0 Å². The quantitative estimate of drug-likeness (QED) is 0.274. The van der Waals surface area contributed by atoms with E-state index in [1.54, 1.807) is 12.1 Å². The molecule has 0 radical (unpaired) electrons. The lowest BCUT2D eigenvalue weighted by atomic mass is 10.1. The third-order valence-electron chi connectivity index (χ3n) is 4.36. The molecule has 1 rings (SSSR count). The molecule has 1 aromatic rings. The minimum atomic E-state index is -0.368. The molecule has 0 aliphatic heterocycles. The Bertz CT molecular complexity index is 528. The lowest BCUT2D eigenvalue weighted by Gasteiger charge is -2.06. The molecule has 0 amide bonds. The summed E-state index contributed by atoms with van der Waals surface area (Å²) in [5.41, 5.74) is 1.05. The van der Waals surface area contributed by atoms with E-state index in [4.69, 9.17) is 21.1 Å². The molecular formula is C22H33ClO4. The van der Waals surface area contributed by atoms with Gasteiger partial charge in [0.1, 0.15) is 0 Å². The summed E-state index contributed by atoms with van der Waals surface area (Å²) in [6.45, 7) is 2.96. The van der Waals surface area contributed by atoms with E-state index in [2.05, 4.69) is 6.92 Å². The summed E-state index contributed by atoms with van der Waals surface area (Å²) in [4.78, 5) is 23.3. The van der Waals surface area contributed by atoms with Crippen LogP contribution in [0.4, 0.5) is 0 Å². The number of carbonyl (C=O) groups is 2. The molecule has 0 heterocycles. The first-order valence-corrected chi connectivity index (χ1v) is 10.5. The fourth-order valence-corrected chi connectivity index (χ4v) is 2.83. The van der Waals surface area contributed by atoms with Crippen molar-refractivity contribution < 1.29 is 19.1 Å². The van der Waals surface area contributed by atoms with E-state index in [-0.39, 0.29) is 24.8 Å². The lowest BCUT2D eigenvalue weighted by Crippen LogP contribution is -2.12. The van der Waals surface area contributed by atoms with Gasteiger partial charge in [-0.05, 0) is 24.1 Å². The Morgan fingerprint density at radius 1 is 0.778 bits per heavy atom. The first-order chi connectivity index (χ1) is 13.1. The van der Waals surface area contributed by atoms with Gasteiger partial charge in [0.25, 0.3) is 0 Å². The Hall–Kier alpha value is -1.55. The zero-order chi connectivity index (χ0) is 19.7. The average molecular weight is 397 g/mol. The molecule has 4 nitrogen and oxygen atoms in total. The van der Waals surface area contributed by atoms with Crippen LogP contribution in [0, 0.1) is 0 Å². The smallest absolute Gasteiger partial charge is 0.306 e. The second-order valence-electron chi connectivity index (χ2n) is 6.79. The second kappa shape index (κ2) is 15.5. The van der Waals surface area contributed by atoms with E-state index >= 15 is 0 Å². The summed E-state index contributed by atoms with van der Waals surface area (Å²) in [6.07, 6.45) is 10.4. The molecule has 5 heteroatoms. The van der Waals surface area contributed by atoms with Gasteiger partial charge in [-0.15, -0.1) is 0 Å². The number of ether oxygens (including phenoxy) is 2. The molecule has 0 spiro atoms. The van der Waals surface area contributed by atoms with Crippen LogP contribution in [0.15, 0.2) is 24.3 Å². The third kappa shape index (κ3) is 13.3. The molecule has 152 valence electrons. The van der Waals surface area contributed by atoms with E-state index in [1.165, 1.54) is 38.5 Å². The highest BCUT2D eigenvalue weighted by Crippen LogP contribution is 2.10. The zero-order valence-corrected chi connectivity index (χ0v) is 17.3.